The summed E-state index contributed by atoms with van der Waals surface area (Å²) in [6.07, 6.45) is 2.17. The minimum atomic E-state index is -0.237. The van der Waals surface area contributed by atoms with Gasteiger partial charge in [-0.3, -0.25) is 0 Å². The van der Waals surface area contributed by atoms with E-state index in [0.29, 0.717) is 30.3 Å². The van der Waals surface area contributed by atoms with E-state index in [2.05, 4.69) is 10.6 Å². The smallest absolute Gasteiger partial charge is 0.319 e. The van der Waals surface area contributed by atoms with E-state index in [1.165, 1.54) is 0 Å². The topological polar surface area (TPSA) is 78.1 Å². The highest BCUT2D eigenvalue weighted by Gasteiger charge is 2.16. The second kappa shape index (κ2) is 8.18. The number of nitrogens with one attached hydrogen (secondary N) is 2. The van der Waals surface area contributed by atoms with E-state index in [-0.39, 0.29) is 18.9 Å². The second-order valence-corrected chi connectivity index (χ2v) is 6.47. The van der Waals surface area contributed by atoms with E-state index in [0.717, 1.165) is 30.8 Å². The molecular formula is C20H22N2O5. The van der Waals surface area contributed by atoms with Crippen LogP contribution < -0.4 is 24.8 Å². The van der Waals surface area contributed by atoms with Gasteiger partial charge >= 0.3 is 6.03 Å². The third kappa shape index (κ3) is 4.62. The van der Waals surface area contributed by atoms with Crippen molar-refractivity contribution in [2.75, 3.05) is 25.3 Å². The third-order valence-electron chi connectivity index (χ3n) is 4.45. The Labute approximate surface area is 157 Å². The minimum Gasteiger partial charge on any atom is -0.489 e. The molecule has 4 rings (SSSR count). The molecule has 142 valence electrons. The molecular weight excluding hydrogens is 348 g/mol. The number of benzene rings is 2. The highest BCUT2D eigenvalue weighted by molar-refractivity contribution is 5.89. The Kier molecular flexibility index (Phi) is 5.29. The number of anilines is 1. The fraction of sp³-hybridized carbons (Fsp3) is 0.350. The van der Waals surface area contributed by atoms with E-state index in [1.54, 1.807) is 0 Å². The molecule has 0 saturated carbocycles. The van der Waals surface area contributed by atoms with Crippen molar-refractivity contribution in [2.24, 2.45) is 0 Å². The van der Waals surface area contributed by atoms with Gasteiger partial charge in [0.05, 0.1) is 6.10 Å². The molecule has 0 spiro atoms. The summed E-state index contributed by atoms with van der Waals surface area (Å²) in [5, 5.41) is 5.68. The second-order valence-electron chi connectivity index (χ2n) is 6.47. The molecule has 2 N–H and O–H groups in total. The molecule has 7 heteroatoms. The molecule has 0 bridgehead atoms. The van der Waals surface area contributed by atoms with Crippen molar-refractivity contribution in [2.45, 2.75) is 25.6 Å². The first-order valence-corrected chi connectivity index (χ1v) is 9.04. The summed E-state index contributed by atoms with van der Waals surface area (Å²) >= 11 is 0. The number of hydrogen-bond donors (Lipinski definition) is 2. The van der Waals surface area contributed by atoms with Gasteiger partial charge in [-0.2, -0.15) is 0 Å². The number of carbonyl (C=O) groups excluding carboxylic acids is 1. The number of amides is 2. The van der Waals surface area contributed by atoms with Gasteiger partial charge in [0, 0.05) is 24.9 Å². The molecule has 0 aliphatic carbocycles. The van der Waals surface area contributed by atoms with Crippen LogP contribution in [0.15, 0.2) is 42.5 Å². The Morgan fingerprint density at radius 3 is 2.96 bits per heavy atom. The van der Waals surface area contributed by atoms with Gasteiger partial charge in [0.15, 0.2) is 11.5 Å². The van der Waals surface area contributed by atoms with Crippen LogP contribution in [0, 0.1) is 0 Å². The number of rotatable bonds is 6. The van der Waals surface area contributed by atoms with Crippen molar-refractivity contribution in [1.29, 1.82) is 0 Å². The summed E-state index contributed by atoms with van der Waals surface area (Å²) in [6.45, 7) is 1.92. The van der Waals surface area contributed by atoms with E-state index in [4.69, 9.17) is 18.9 Å². The predicted octanol–water partition coefficient (Wildman–Crippen LogP) is 3.29. The van der Waals surface area contributed by atoms with Crippen LogP contribution in [-0.4, -0.2) is 32.1 Å². The zero-order valence-electron chi connectivity index (χ0n) is 14.9. The number of urea groups is 1. The van der Waals surface area contributed by atoms with Crippen LogP contribution in [0.4, 0.5) is 10.5 Å². The van der Waals surface area contributed by atoms with Crippen molar-refractivity contribution in [3.05, 3.63) is 48.0 Å². The lowest BCUT2D eigenvalue weighted by Crippen LogP contribution is -2.35. The Bertz CT molecular complexity index is 805. The molecule has 1 saturated heterocycles. The minimum absolute atomic E-state index is 0.122. The number of ether oxygens (including phenoxy) is 4. The Morgan fingerprint density at radius 2 is 2.07 bits per heavy atom. The first-order valence-electron chi connectivity index (χ1n) is 9.04. The van der Waals surface area contributed by atoms with E-state index in [9.17, 15) is 4.79 Å². The lowest BCUT2D eigenvalue weighted by molar-refractivity contribution is 0.112. The summed E-state index contributed by atoms with van der Waals surface area (Å²) < 4.78 is 21.9. The first kappa shape index (κ1) is 17.5. The summed E-state index contributed by atoms with van der Waals surface area (Å²) in [4.78, 5) is 12.0. The molecule has 2 aliphatic heterocycles. The summed E-state index contributed by atoms with van der Waals surface area (Å²) in [6, 6.07) is 12.8. The van der Waals surface area contributed by atoms with Crippen LogP contribution in [0.25, 0.3) is 0 Å². The number of hydrogen-bond acceptors (Lipinski definition) is 5. The van der Waals surface area contributed by atoms with Crippen molar-refractivity contribution in [1.82, 2.24) is 5.32 Å². The van der Waals surface area contributed by atoms with Crippen LogP contribution in [-0.2, 0) is 11.3 Å². The lowest BCUT2D eigenvalue weighted by atomic mass is 10.2. The van der Waals surface area contributed by atoms with Crippen LogP contribution in [0.1, 0.15) is 18.4 Å². The van der Waals surface area contributed by atoms with Gasteiger partial charge in [0.1, 0.15) is 12.4 Å². The van der Waals surface area contributed by atoms with Crippen molar-refractivity contribution in [3.63, 3.8) is 0 Å². The largest absolute Gasteiger partial charge is 0.489 e. The molecule has 27 heavy (non-hydrogen) atoms. The SMILES string of the molecule is O=C(NCC1CCCO1)Nc1cccc(COc2ccc3c(c2)OCO3)c1. The molecule has 2 amide bonds. The maximum Gasteiger partial charge on any atom is 0.319 e. The van der Waals surface area contributed by atoms with Crippen LogP contribution in [0.3, 0.4) is 0 Å². The van der Waals surface area contributed by atoms with E-state index >= 15 is 0 Å². The average molecular weight is 370 g/mol. The molecule has 0 aromatic heterocycles. The first-order chi connectivity index (χ1) is 13.3. The van der Waals surface area contributed by atoms with Gasteiger partial charge in [-0.1, -0.05) is 12.1 Å². The molecule has 2 aromatic carbocycles. The van der Waals surface area contributed by atoms with Crippen LogP contribution in [0.2, 0.25) is 0 Å². The van der Waals surface area contributed by atoms with Gasteiger partial charge in [-0.05, 0) is 42.7 Å². The van der Waals surface area contributed by atoms with Crippen molar-refractivity contribution < 1.29 is 23.7 Å². The van der Waals surface area contributed by atoms with Gasteiger partial charge in [0.2, 0.25) is 6.79 Å². The zero-order valence-corrected chi connectivity index (χ0v) is 14.9. The third-order valence-corrected chi connectivity index (χ3v) is 4.45. The van der Waals surface area contributed by atoms with E-state index in [1.807, 2.05) is 42.5 Å². The molecule has 2 aromatic rings. The normalized spacial score (nSPS) is 17.6. The lowest BCUT2D eigenvalue weighted by Gasteiger charge is -2.12. The fourth-order valence-corrected chi connectivity index (χ4v) is 3.06. The Balaban J connectivity index is 1.28. The van der Waals surface area contributed by atoms with Crippen LogP contribution >= 0.6 is 0 Å². The quantitative estimate of drug-likeness (QED) is 0.816. The maximum atomic E-state index is 12.0. The summed E-state index contributed by atoms with van der Waals surface area (Å²) in [7, 11) is 0. The number of fused-ring (bicyclic) bond motifs is 1. The molecule has 1 unspecified atom stereocenters. The molecule has 1 fully saturated rings. The summed E-state index contributed by atoms with van der Waals surface area (Å²) in [5.74, 6) is 2.11. The Hall–Kier alpha value is -2.93. The van der Waals surface area contributed by atoms with Gasteiger partial charge in [0.25, 0.3) is 0 Å². The van der Waals surface area contributed by atoms with Crippen molar-refractivity contribution >= 4 is 11.7 Å². The average Bonchev–Trinajstić information content (AvgIpc) is 3.36. The predicted molar refractivity (Wildman–Crippen MR) is 99.3 cm³/mol. The van der Waals surface area contributed by atoms with Gasteiger partial charge in [-0.15, -0.1) is 0 Å². The molecule has 1 atom stereocenters. The maximum absolute atomic E-state index is 12.0. The molecule has 0 radical (unpaired) electrons. The highest BCUT2D eigenvalue weighted by atomic mass is 16.7. The zero-order chi connectivity index (χ0) is 18.5. The molecule has 2 aliphatic rings. The van der Waals surface area contributed by atoms with Crippen LogP contribution in [0.5, 0.6) is 17.2 Å². The number of carbonyl (C=O) groups is 1. The van der Waals surface area contributed by atoms with Gasteiger partial charge < -0.3 is 29.6 Å². The molecule has 2 heterocycles. The monoisotopic (exact) mass is 370 g/mol. The Morgan fingerprint density at radius 1 is 1.15 bits per heavy atom. The standard InChI is InChI=1S/C20H22N2O5/c23-20(21-11-17-5-2-8-24-17)22-15-4-1-3-14(9-15)12-25-16-6-7-18-19(10-16)27-13-26-18/h1,3-4,6-7,9-10,17H,2,5,8,11-13H2,(H2,21,22,23). The van der Waals surface area contributed by atoms with E-state index < -0.39 is 0 Å². The molecule has 7 nitrogen and oxygen atoms in total. The fourth-order valence-electron chi connectivity index (χ4n) is 3.06. The summed E-state index contributed by atoms with van der Waals surface area (Å²) in [5.41, 5.74) is 1.66. The van der Waals surface area contributed by atoms with Crippen molar-refractivity contribution in [3.8, 4) is 17.2 Å². The highest BCUT2D eigenvalue weighted by Crippen LogP contribution is 2.35. The van der Waals surface area contributed by atoms with Gasteiger partial charge in [-0.25, -0.2) is 4.79 Å².